The number of carbonyl (C=O) groups excluding carboxylic acids is 2. The second-order valence-electron chi connectivity index (χ2n) is 11.1. The number of hydrogen-bond donors (Lipinski definition) is 1. The molecule has 0 aromatic heterocycles. The van der Waals surface area contributed by atoms with Crippen molar-refractivity contribution in [1.82, 2.24) is 10.2 Å². The van der Waals surface area contributed by atoms with Crippen LogP contribution in [-0.2, 0) is 26.2 Å². The molecule has 0 saturated heterocycles. The zero-order chi connectivity index (χ0) is 30.4. The minimum absolute atomic E-state index is 0.0698. The Bertz CT molecular complexity index is 1520. The van der Waals surface area contributed by atoms with Gasteiger partial charge in [-0.25, -0.2) is 8.42 Å². The molecule has 1 aliphatic rings. The van der Waals surface area contributed by atoms with E-state index in [1.54, 1.807) is 42.5 Å². The molecule has 3 aromatic carbocycles. The molecule has 0 heterocycles. The highest BCUT2D eigenvalue weighted by atomic mass is 35.5. The number of benzene rings is 3. The third-order valence-corrected chi connectivity index (χ3v) is 10.0. The van der Waals surface area contributed by atoms with Gasteiger partial charge in [-0.3, -0.25) is 13.9 Å². The SMILES string of the molecule is CC[C@H](C(=O)NC1CCCC1)N(Cc1ccccc1Cl)C(=O)CN(c1ccc(C)cc1C)S(=O)(=O)c1ccc(C)cc1. The highest BCUT2D eigenvalue weighted by molar-refractivity contribution is 7.92. The van der Waals surface area contributed by atoms with Crippen LogP contribution in [0.25, 0.3) is 0 Å². The van der Waals surface area contributed by atoms with Crippen LogP contribution in [0.3, 0.4) is 0 Å². The van der Waals surface area contributed by atoms with Crippen molar-refractivity contribution in [3.8, 4) is 0 Å². The fraction of sp³-hybridized carbons (Fsp3) is 0.394. The summed E-state index contributed by atoms with van der Waals surface area (Å²) < 4.78 is 29.4. The van der Waals surface area contributed by atoms with Crippen LogP contribution in [0.5, 0.6) is 0 Å². The minimum atomic E-state index is -4.13. The maximum atomic E-state index is 14.3. The summed E-state index contributed by atoms with van der Waals surface area (Å²) in [6.07, 6.45) is 4.31. The highest BCUT2D eigenvalue weighted by Crippen LogP contribution is 2.29. The molecule has 3 aromatic rings. The second-order valence-corrected chi connectivity index (χ2v) is 13.4. The van der Waals surface area contributed by atoms with Crippen LogP contribution in [0.4, 0.5) is 5.69 Å². The molecule has 0 aliphatic heterocycles. The molecule has 1 fully saturated rings. The lowest BCUT2D eigenvalue weighted by Crippen LogP contribution is -2.53. The Hall–Kier alpha value is -3.36. The summed E-state index contributed by atoms with van der Waals surface area (Å²) in [5, 5.41) is 3.60. The van der Waals surface area contributed by atoms with E-state index in [0.29, 0.717) is 22.7 Å². The molecule has 224 valence electrons. The summed E-state index contributed by atoms with van der Waals surface area (Å²) in [5.74, 6) is -0.719. The van der Waals surface area contributed by atoms with Crippen LogP contribution >= 0.6 is 11.6 Å². The number of nitrogens with zero attached hydrogens (tertiary/aromatic N) is 2. The number of nitrogens with one attached hydrogen (secondary N) is 1. The van der Waals surface area contributed by atoms with Crippen LogP contribution in [0.1, 0.15) is 61.3 Å². The van der Waals surface area contributed by atoms with E-state index in [4.69, 9.17) is 11.6 Å². The summed E-state index contributed by atoms with van der Waals surface area (Å²) in [5.41, 5.74) is 3.72. The quantitative estimate of drug-likeness (QED) is 0.275. The van der Waals surface area contributed by atoms with Crippen molar-refractivity contribution >= 4 is 39.1 Å². The van der Waals surface area contributed by atoms with Gasteiger partial charge in [-0.2, -0.15) is 0 Å². The molecule has 1 saturated carbocycles. The second kappa shape index (κ2) is 13.7. The minimum Gasteiger partial charge on any atom is -0.352 e. The first-order valence-corrected chi connectivity index (χ1v) is 16.3. The lowest BCUT2D eigenvalue weighted by molar-refractivity contribution is -0.140. The summed E-state index contributed by atoms with van der Waals surface area (Å²) in [4.78, 5) is 29.4. The van der Waals surface area contributed by atoms with E-state index < -0.39 is 28.5 Å². The molecule has 0 radical (unpaired) electrons. The van der Waals surface area contributed by atoms with E-state index in [9.17, 15) is 18.0 Å². The molecule has 1 atom stereocenters. The third kappa shape index (κ3) is 7.34. The van der Waals surface area contributed by atoms with Gasteiger partial charge in [0.25, 0.3) is 10.0 Å². The van der Waals surface area contributed by atoms with Gasteiger partial charge in [0.15, 0.2) is 0 Å². The molecular weight excluding hydrogens is 570 g/mol. The Morgan fingerprint density at radius 3 is 2.21 bits per heavy atom. The first kappa shape index (κ1) is 31.6. The molecule has 0 bridgehead atoms. The highest BCUT2D eigenvalue weighted by Gasteiger charge is 2.35. The number of carbonyl (C=O) groups is 2. The summed E-state index contributed by atoms with van der Waals surface area (Å²) in [6.45, 7) is 7.10. The van der Waals surface area contributed by atoms with Crippen LogP contribution in [0.2, 0.25) is 5.02 Å². The molecular formula is C33H40ClN3O4S. The number of rotatable bonds is 11. The van der Waals surface area contributed by atoms with Gasteiger partial charge >= 0.3 is 0 Å². The first-order valence-electron chi connectivity index (χ1n) is 14.5. The number of aryl methyl sites for hydroxylation is 3. The van der Waals surface area contributed by atoms with Gasteiger partial charge in [0, 0.05) is 17.6 Å². The Balaban J connectivity index is 1.75. The topological polar surface area (TPSA) is 86.8 Å². The third-order valence-electron chi connectivity index (χ3n) is 7.89. The summed E-state index contributed by atoms with van der Waals surface area (Å²) in [6, 6.07) is 18.5. The molecule has 2 amide bonds. The maximum Gasteiger partial charge on any atom is 0.264 e. The Labute approximate surface area is 254 Å². The number of anilines is 1. The first-order chi connectivity index (χ1) is 20.0. The van der Waals surface area contributed by atoms with E-state index in [0.717, 1.165) is 46.7 Å². The molecule has 1 aliphatic carbocycles. The average molecular weight is 610 g/mol. The van der Waals surface area contributed by atoms with E-state index >= 15 is 0 Å². The van der Waals surface area contributed by atoms with E-state index in [2.05, 4.69) is 5.32 Å². The predicted octanol–water partition coefficient (Wildman–Crippen LogP) is 6.33. The number of sulfonamides is 1. The van der Waals surface area contributed by atoms with Gasteiger partial charge in [0.05, 0.1) is 10.6 Å². The lowest BCUT2D eigenvalue weighted by Gasteiger charge is -2.34. The normalized spacial score (nSPS) is 14.4. The van der Waals surface area contributed by atoms with Crippen molar-refractivity contribution in [2.45, 2.75) is 83.3 Å². The van der Waals surface area contributed by atoms with Crippen LogP contribution < -0.4 is 9.62 Å². The predicted molar refractivity (Wildman–Crippen MR) is 168 cm³/mol. The van der Waals surface area contributed by atoms with Crippen molar-refractivity contribution in [2.24, 2.45) is 0 Å². The van der Waals surface area contributed by atoms with Gasteiger partial charge in [-0.15, -0.1) is 0 Å². The fourth-order valence-corrected chi connectivity index (χ4v) is 7.21. The van der Waals surface area contributed by atoms with Gasteiger partial charge in [0.1, 0.15) is 12.6 Å². The van der Waals surface area contributed by atoms with Crippen molar-refractivity contribution in [2.75, 3.05) is 10.8 Å². The van der Waals surface area contributed by atoms with Gasteiger partial charge in [-0.05, 0) is 75.4 Å². The summed E-state index contributed by atoms with van der Waals surface area (Å²) >= 11 is 6.50. The molecule has 0 unspecified atom stereocenters. The van der Waals surface area contributed by atoms with E-state index in [-0.39, 0.29) is 23.4 Å². The van der Waals surface area contributed by atoms with Crippen molar-refractivity contribution in [3.63, 3.8) is 0 Å². The number of hydrogen-bond acceptors (Lipinski definition) is 4. The van der Waals surface area contributed by atoms with Crippen LogP contribution in [-0.4, -0.2) is 43.8 Å². The molecule has 0 spiro atoms. The van der Waals surface area contributed by atoms with Crippen LogP contribution in [0, 0.1) is 20.8 Å². The Morgan fingerprint density at radius 2 is 1.60 bits per heavy atom. The number of amides is 2. The molecule has 1 N–H and O–H groups in total. The standard InChI is InChI=1S/C33H40ClN3O4S/c1-5-30(33(39)35-27-11-7-8-12-27)36(21-26-10-6-9-13-29(26)34)32(38)22-37(31-19-16-24(3)20-25(31)4)42(40,41)28-17-14-23(2)15-18-28/h6,9-10,13-20,27,30H,5,7-8,11-12,21-22H2,1-4H3,(H,35,39)/t30-/m1/s1. The fourth-order valence-electron chi connectivity index (χ4n) is 5.53. The van der Waals surface area contributed by atoms with Crippen LogP contribution in [0.15, 0.2) is 71.6 Å². The summed E-state index contributed by atoms with van der Waals surface area (Å²) in [7, 11) is -4.13. The zero-order valence-corrected chi connectivity index (χ0v) is 26.3. The Kier molecular flexibility index (Phi) is 10.3. The van der Waals surface area contributed by atoms with E-state index in [1.807, 2.05) is 52.0 Å². The van der Waals surface area contributed by atoms with Gasteiger partial charge < -0.3 is 10.2 Å². The maximum absolute atomic E-state index is 14.3. The molecule has 42 heavy (non-hydrogen) atoms. The number of halogens is 1. The van der Waals surface area contributed by atoms with Crippen molar-refractivity contribution in [1.29, 1.82) is 0 Å². The van der Waals surface area contributed by atoms with E-state index in [1.165, 1.54) is 4.90 Å². The lowest BCUT2D eigenvalue weighted by atomic mass is 10.1. The Morgan fingerprint density at radius 1 is 0.952 bits per heavy atom. The monoisotopic (exact) mass is 609 g/mol. The van der Waals surface area contributed by atoms with Crippen molar-refractivity contribution in [3.05, 3.63) is 94.0 Å². The molecule has 9 heteroatoms. The largest absolute Gasteiger partial charge is 0.352 e. The molecule has 4 rings (SSSR count). The smallest absolute Gasteiger partial charge is 0.264 e. The zero-order valence-electron chi connectivity index (χ0n) is 24.8. The van der Waals surface area contributed by atoms with Crippen molar-refractivity contribution < 1.29 is 18.0 Å². The van der Waals surface area contributed by atoms with Gasteiger partial charge in [-0.1, -0.05) is 85.0 Å². The molecule has 7 nitrogen and oxygen atoms in total. The average Bonchev–Trinajstić information content (AvgIpc) is 3.46. The van der Waals surface area contributed by atoms with Gasteiger partial charge in [0.2, 0.25) is 11.8 Å².